The van der Waals surface area contributed by atoms with Crippen molar-refractivity contribution in [3.05, 3.63) is 23.1 Å². The van der Waals surface area contributed by atoms with E-state index in [4.69, 9.17) is 5.73 Å². The monoisotopic (exact) mass is 385 g/mol. The maximum absolute atomic E-state index is 12.9. The molecule has 1 fully saturated rings. The van der Waals surface area contributed by atoms with Crippen LogP contribution in [0.4, 0.5) is 0 Å². The zero-order valence-electron chi connectivity index (χ0n) is 13.0. The Morgan fingerprint density at radius 1 is 1.48 bits per heavy atom. The predicted molar refractivity (Wildman–Crippen MR) is 87.4 cm³/mol. The largest absolute Gasteiger partial charge is 0.511 e. The number of nitrogens with one attached hydrogen (secondary N) is 1. The van der Waals surface area contributed by atoms with Crippen LogP contribution in [0.3, 0.4) is 0 Å². The molecule has 3 amide bonds. The lowest BCUT2D eigenvalue weighted by molar-refractivity contribution is -0.145. The van der Waals surface area contributed by atoms with Gasteiger partial charge in [-0.25, -0.2) is 0 Å². The maximum atomic E-state index is 12.9. The predicted octanol–water partition coefficient (Wildman–Crippen LogP) is 0.851. The number of nitrogens with zero attached hydrogens (tertiary/aromatic N) is 1. The summed E-state index contributed by atoms with van der Waals surface area (Å²) < 4.78 is 0. The molecule has 2 rings (SSSR count). The number of hydrogen-bond donors (Lipinski definition) is 3. The van der Waals surface area contributed by atoms with Crippen LogP contribution in [0, 0.1) is 0 Å². The Morgan fingerprint density at radius 2 is 2.13 bits per heavy atom. The van der Waals surface area contributed by atoms with Gasteiger partial charge in [0.15, 0.2) is 0 Å². The summed E-state index contributed by atoms with van der Waals surface area (Å²) >= 11 is 3.33. The molecule has 1 heterocycles. The van der Waals surface area contributed by atoms with E-state index in [2.05, 4.69) is 21.2 Å². The van der Waals surface area contributed by atoms with Gasteiger partial charge in [-0.1, -0.05) is 15.9 Å². The van der Waals surface area contributed by atoms with Crippen molar-refractivity contribution >= 4 is 33.7 Å². The van der Waals surface area contributed by atoms with Crippen molar-refractivity contribution in [2.45, 2.75) is 50.0 Å². The molecule has 126 valence electrons. The van der Waals surface area contributed by atoms with Crippen LogP contribution < -0.4 is 11.1 Å². The van der Waals surface area contributed by atoms with E-state index in [0.717, 1.165) is 0 Å². The van der Waals surface area contributed by atoms with Crippen LogP contribution in [0.15, 0.2) is 23.1 Å². The van der Waals surface area contributed by atoms with E-state index in [-0.39, 0.29) is 53.1 Å². The lowest BCUT2D eigenvalue weighted by atomic mass is 9.97. The number of aliphatic hydroxyl groups is 1. The number of hydrogen-bond acceptors (Lipinski definition) is 5. The lowest BCUT2D eigenvalue weighted by Gasteiger charge is -2.37. The fourth-order valence-electron chi connectivity index (χ4n) is 2.85. The Kier molecular flexibility index (Phi) is 5.13. The van der Waals surface area contributed by atoms with E-state index >= 15 is 0 Å². The molecule has 0 aromatic carbocycles. The van der Waals surface area contributed by atoms with Crippen LogP contribution in [-0.2, 0) is 14.4 Å². The number of imide groups is 1. The average Bonchev–Trinajstić information content (AvgIpc) is 2.40. The molecular weight excluding hydrogens is 366 g/mol. The molecule has 23 heavy (non-hydrogen) atoms. The first-order chi connectivity index (χ1) is 10.7. The second kappa shape index (κ2) is 6.74. The third-order valence-corrected chi connectivity index (χ3v) is 4.46. The molecular formula is C15H20BrN3O4. The number of piperidine rings is 1. The molecule has 2 aliphatic rings. The average molecular weight is 386 g/mol. The first kappa shape index (κ1) is 17.5. The number of aliphatic hydroxyl groups excluding tert-OH is 1. The highest BCUT2D eigenvalue weighted by molar-refractivity contribution is 9.09. The van der Waals surface area contributed by atoms with Crippen molar-refractivity contribution in [3.63, 3.8) is 0 Å². The van der Waals surface area contributed by atoms with Crippen molar-refractivity contribution in [3.8, 4) is 0 Å². The molecule has 0 aromatic heterocycles. The van der Waals surface area contributed by atoms with Crippen LogP contribution in [0.2, 0.25) is 0 Å². The molecule has 2 atom stereocenters. The summed E-state index contributed by atoms with van der Waals surface area (Å²) in [5.41, 5.74) is 6.10. The molecule has 1 saturated heterocycles. The number of nitrogens with two attached hydrogens (primary N) is 1. The first-order valence-corrected chi connectivity index (χ1v) is 8.34. The molecule has 0 saturated carbocycles. The Labute approximate surface area is 142 Å². The molecule has 0 spiro atoms. The van der Waals surface area contributed by atoms with Gasteiger partial charge < -0.3 is 15.7 Å². The van der Waals surface area contributed by atoms with E-state index < -0.39 is 17.9 Å². The summed E-state index contributed by atoms with van der Waals surface area (Å²) in [5, 5.41) is 12.4. The third-order valence-electron chi connectivity index (χ3n) is 3.88. The molecule has 1 aliphatic heterocycles. The molecule has 0 aromatic rings. The quantitative estimate of drug-likeness (QED) is 0.492. The van der Waals surface area contributed by atoms with Crippen molar-refractivity contribution in [1.29, 1.82) is 0 Å². The van der Waals surface area contributed by atoms with Gasteiger partial charge in [0, 0.05) is 29.4 Å². The van der Waals surface area contributed by atoms with Crippen LogP contribution >= 0.6 is 15.9 Å². The molecule has 8 heteroatoms. The minimum atomic E-state index is -0.755. The molecule has 4 N–H and O–H groups in total. The van der Waals surface area contributed by atoms with E-state index in [1.807, 2.05) is 0 Å². The fourth-order valence-corrected chi connectivity index (χ4v) is 3.44. The van der Waals surface area contributed by atoms with Gasteiger partial charge in [-0.3, -0.25) is 19.7 Å². The van der Waals surface area contributed by atoms with Gasteiger partial charge in [0.25, 0.3) is 5.91 Å². The molecule has 1 aliphatic carbocycles. The van der Waals surface area contributed by atoms with Gasteiger partial charge in [-0.2, -0.15) is 0 Å². The fraction of sp³-hybridized carbons (Fsp3) is 0.533. The highest BCUT2D eigenvalue weighted by atomic mass is 79.9. The van der Waals surface area contributed by atoms with Crippen molar-refractivity contribution < 1.29 is 19.5 Å². The van der Waals surface area contributed by atoms with Gasteiger partial charge >= 0.3 is 0 Å². The van der Waals surface area contributed by atoms with Crippen LogP contribution in [0.1, 0.15) is 33.1 Å². The summed E-state index contributed by atoms with van der Waals surface area (Å²) in [7, 11) is 0. The van der Waals surface area contributed by atoms with Crippen LogP contribution in [-0.4, -0.2) is 44.6 Å². The van der Waals surface area contributed by atoms with Gasteiger partial charge in [0.2, 0.25) is 11.8 Å². The Bertz CT molecular complexity index is 612. The zero-order chi connectivity index (χ0) is 17.3. The Hall–Kier alpha value is -1.83. The number of rotatable bonds is 3. The van der Waals surface area contributed by atoms with Crippen LogP contribution in [0.5, 0.6) is 0 Å². The number of amides is 3. The molecule has 1 unspecified atom stereocenters. The van der Waals surface area contributed by atoms with E-state index in [0.29, 0.717) is 0 Å². The minimum Gasteiger partial charge on any atom is -0.511 e. The number of allylic oxidation sites excluding steroid dienone is 2. The second-order valence-electron chi connectivity index (χ2n) is 5.94. The number of alkyl halides is 1. The van der Waals surface area contributed by atoms with Crippen molar-refractivity contribution in [2.75, 3.05) is 0 Å². The maximum Gasteiger partial charge on any atom is 0.260 e. The Balaban J connectivity index is 2.33. The van der Waals surface area contributed by atoms with E-state index in [9.17, 15) is 19.5 Å². The van der Waals surface area contributed by atoms with Gasteiger partial charge in [0.1, 0.15) is 11.8 Å². The highest BCUT2D eigenvalue weighted by Crippen LogP contribution is 2.28. The van der Waals surface area contributed by atoms with Crippen LogP contribution in [0.25, 0.3) is 0 Å². The first-order valence-electron chi connectivity index (χ1n) is 7.42. The standard InChI is InChI=1S/C15H20BrN3O4/c1-7(2)19(10-3-4-12(21)18-14(10)22)15(23)13-9(17)5-8(16)6-11(13)20/h5,7-8,10,20H,3-4,6,17H2,1-2H3,(H,18,21,22)/t8?,10-/m0/s1. The number of carbonyl (C=O) groups is 3. The molecule has 0 bridgehead atoms. The minimum absolute atomic E-state index is 0.0269. The summed E-state index contributed by atoms with van der Waals surface area (Å²) in [6.45, 7) is 3.55. The Morgan fingerprint density at radius 3 is 2.65 bits per heavy atom. The SMILES string of the molecule is CC(C)N(C(=O)C1=C(O)CC(Br)C=C1N)[C@H]1CCC(=O)NC1=O. The molecule has 7 nitrogen and oxygen atoms in total. The van der Waals surface area contributed by atoms with Gasteiger partial charge in [-0.15, -0.1) is 0 Å². The second-order valence-corrected chi connectivity index (χ2v) is 7.11. The third kappa shape index (κ3) is 3.57. The summed E-state index contributed by atoms with van der Waals surface area (Å²) in [4.78, 5) is 37.5. The molecule has 0 radical (unpaired) electrons. The zero-order valence-corrected chi connectivity index (χ0v) is 14.6. The summed E-state index contributed by atoms with van der Waals surface area (Å²) in [6.07, 6.45) is 2.33. The highest BCUT2D eigenvalue weighted by Gasteiger charge is 2.38. The normalized spacial score (nSPS) is 25.3. The summed E-state index contributed by atoms with van der Waals surface area (Å²) in [5.74, 6) is -1.45. The topological polar surface area (TPSA) is 113 Å². The van der Waals surface area contributed by atoms with E-state index in [1.54, 1.807) is 19.9 Å². The smallest absolute Gasteiger partial charge is 0.260 e. The number of carbonyl (C=O) groups excluding carboxylic acids is 3. The number of halogens is 1. The van der Waals surface area contributed by atoms with Gasteiger partial charge in [-0.05, 0) is 26.3 Å². The van der Waals surface area contributed by atoms with E-state index in [1.165, 1.54) is 4.90 Å². The van der Waals surface area contributed by atoms with Gasteiger partial charge in [0.05, 0.1) is 5.57 Å². The summed E-state index contributed by atoms with van der Waals surface area (Å²) in [6, 6.07) is -1.05. The van der Waals surface area contributed by atoms with Crippen molar-refractivity contribution in [2.24, 2.45) is 5.73 Å². The lowest BCUT2D eigenvalue weighted by Crippen LogP contribution is -2.57. The van der Waals surface area contributed by atoms with Crippen molar-refractivity contribution in [1.82, 2.24) is 10.2 Å².